The number of ether oxygens (including phenoxy) is 4. The van der Waals surface area contributed by atoms with E-state index < -0.39 is 10.1 Å². The summed E-state index contributed by atoms with van der Waals surface area (Å²) in [5.41, 5.74) is 1.64. The number of benzene rings is 2. The third-order valence-electron chi connectivity index (χ3n) is 4.33. The second-order valence-electron chi connectivity index (χ2n) is 6.86. The maximum Gasteiger partial charge on any atom is 0.307 e. The van der Waals surface area contributed by atoms with Crippen LogP contribution in [-0.2, 0) is 19.6 Å². The monoisotopic (exact) mass is 472 g/mol. The normalized spacial score (nSPS) is 11.2. The average molecular weight is 473 g/mol. The number of hydrogen-bond acceptors (Lipinski definition) is 9. The van der Waals surface area contributed by atoms with Crippen LogP contribution in [0.2, 0.25) is 0 Å². The summed E-state index contributed by atoms with van der Waals surface area (Å²) in [7, 11) is -0.747. The fourth-order valence-electron chi connectivity index (χ4n) is 2.89. The number of methoxy groups -OCH3 is 2. The molecule has 0 bridgehead atoms. The molecule has 0 atom stereocenters. The zero-order valence-corrected chi connectivity index (χ0v) is 19.3. The minimum Gasteiger partial charge on any atom is -0.487 e. The molecule has 0 N–H and O–H groups in total. The van der Waals surface area contributed by atoms with Crippen LogP contribution in [0, 0.1) is 12.3 Å². The fraction of sp³-hybridized carbons (Fsp3) is 0.304. The maximum absolute atomic E-state index is 11.9. The molecule has 0 spiro atoms. The molecule has 1 heterocycles. The van der Waals surface area contributed by atoms with E-state index in [9.17, 15) is 8.42 Å². The largest absolute Gasteiger partial charge is 0.487 e. The van der Waals surface area contributed by atoms with E-state index in [4.69, 9.17) is 29.6 Å². The summed E-state index contributed by atoms with van der Waals surface area (Å²) < 4.78 is 50.7. The molecule has 9 nitrogen and oxygen atoms in total. The van der Waals surface area contributed by atoms with Crippen LogP contribution in [0.25, 0.3) is 22.3 Å². The summed E-state index contributed by atoms with van der Waals surface area (Å²) in [6, 6.07) is 10.2. The summed E-state index contributed by atoms with van der Waals surface area (Å²) in [5.74, 6) is 3.43. The highest BCUT2D eigenvalue weighted by atomic mass is 32.2. The summed E-state index contributed by atoms with van der Waals surface area (Å²) >= 11 is 0. The topological polar surface area (TPSA) is 106 Å². The highest BCUT2D eigenvalue weighted by molar-refractivity contribution is 7.86. The molecule has 0 radical (unpaired) electrons. The van der Waals surface area contributed by atoms with Gasteiger partial charge in [-0.3, -0.25) is 0 Å². The second-order valence-corrected chi connectivity index (χ2v) is 8.44. The van der Waals surface area contributed by atoms with Gasteiger partial charge in [-0.15, -0.1) is 6.42 Å². The van der Waals surface area contributed by atoms with Crippen LogP contribution in [0.3, 0.4) is 0 Å². The van der Waals surface area contributed by atoms with Gasteiger partial charge in [0.1, 0.15) is 13.2 Å². The van der Waals surface area contributed by atoms with E-state index in [1.165, 1.54) is 0 Å². The Morgan fingerprint density at radius 2 is 1.61 bits per heavy atom. The van der Waals surface area contributed by atoms with Gasteiger partial charge >= 0.3 is 10.1 Å². The van der Waals surface area contributed by atoms with Crippen molar-refractivity contribution in [2.24, 2.45) is 0 Å². The van der Waals surface area contributed by atoms with Crippen molar-refractivity contribution in [2.75, 3.05) is 46.9 Å². The van der Waals surface area contributed by atoms with Crippen LogP contribution in [-0.4, -0.2) is 65.3 Å². The Morgan fingerprint density at radius 1 is 0.939 bits per heavy atom. The van der Waals surface area contributed by atoms with Crippen molar-refractivity contribution in [3.8, 4) is 41.1 Å². The van der Waals surface area contributed by atoms with Crippen LogP contribution in [0.5, 0.6) is 17.4 Å². The standard InChI is InChI=1S/C23H24N2O7S/c1-5-16-7-6-8-17(13-16)22-24-19-15-21(31-12-10-29-3)20(30-11-9-28-2)14-18(19)23(25-22)32-33(4,26)27/h1,6-8,13-15H,9-12H2,2-4H3. The molecule has 3 aromatic rings. The van der Waals surface area contributed by atoms with Crippen LogP contribution in [0.1, 0.15) is 5.56 Å². The van der Waals surface area contributed by atoms with Crippen LogP contribution < -0.4 is 13.7 Å². The van der Waals surface area contributed by atoms with Crippen molar-refractivity contribution in [2.45, 2.75) is 0 Å². The summed E-state index contributed by atoms with van der Waals surface area (Å²) in [6.45, 7) is 1.25. The Hall–Kier alpha value is -3.39. The first-order valence-corrected chi connectivity index (χ1v) is 11.7. The van der Waals surface area contributed by atoms with E-state index >= 15 is 0 Å². The van der Waals surface area contributed by atoms with Gasteiger partial charge in [0.2, 0.25) is 5.88 Å². The Kier molecular flexibility index (Phi) is 8.06. The Morgan fingerprint density at radius 3 is 2.21 bits per heavy atom. The van der Waals surface area contributed by atoms with Gasteiger partial charge in [-0.05, 0) is 18.2 Å². The number of terminal acetylenes is 1. The van der Waals surface area contributed by atoms with Gasteiger partial charge in [-0.2, -0.15) is 13.4 Å². The predicted octanol–water partition coefficient (Wildman–Crippen LogP) is 2.67. The lowest BCUT2D eigenvalue weighted by atomic mass is 10.1. The van der Waals surface area contributed by atoms with Gasteiger partial charge in [0, 0.05) is 31.4 Å². The Bertz CT molecular complexity index is 1270. The highest BCUT2D eigenvalue weighted by Gasteiger charge is 2.19. The quantitative estimate of drug-likeness (QED) is 0.236. The Labute approximate surface area is 192 Å². The molecule has 1 aromatic heterocycles. The van der Waals surface area contributed by atoms with Gasteiger partial charge < -0.3 is 23.1 Å². The number of nitrogens with zero attached hydrogens (tertiary/aromatic N) is 2. The number of rotatable bonds is 11. The van der Waals surface area contributed by atoms with Crippen LogP contribution in [0.15, 0.2) is 36.4 Å². The van der Waals surface area contributed by atoms with Gasteiger partial charge in [0.15, 0.2) is 17.3 Å². The van der Waals surface area contributed by atoms with E-state index in [-0.39, 0.29) is 24.9 Å². The highest BCUT2D eigenvalue weighted by Crippen LogP contribution is 2.37. The molecule has 0 aliphatic carbocycles. The number of hydrogen-bond donors (Lipinski definition) is 0. The third kappa shape index (κ3) is 6.55. The predicted molar refractivity (Wildman–Crippen MR) is 123 cm³/mol. The first-order chi connectivity index (χ1) is 15.8. The number of fused-ring (bicyclic) bond motifs is 1. The second kappa shape index (κ2) is 11.0. The molecule has 174 valence electrons. The van der Waals surface area contributed by atoms with E-state index in [2.05, 4.69) is 15.9 Å². The van der Waals surface area contributed by atoms with Gasteiger partial charge in [-0.25, -0.2) is 4.98 Å². The molecule has 0 fully saturated rings. The summed E-state index contributed by atoms with van der Waals surface area (Å²) in [5, 5.41) is 0.337. The van der Waals surface area contributed by atoms with E-state index in [1.54, 1.807) is 50.6 Å². The average Bonchev–Trinajstić information content (AvgIpc) is 2.78. The lowest BCUT2D eigenvalue weighted by Gasteiger charge is -2.15. The zero-order valence-electron chi connectivity index (χ0n) is 18.5. The third-order valence-corrected chi connectivity index (χ3v) is 4.79. The molecule has 2 aromatic carbocycles. The molecule has 0 aliphatic rings. The Balaban J connectivity index is 2.18. The van der Waals surface area contributed by atoms with E-state index in [0.29, 0.717) is 46.7 Å². The molecule has 0 aliphatic heterocycles. The van der Waals surface area contributed by atoms with Crippen molar-refractivity contribution in [1.82, 2.24) is 9.97 Å². The maximum atomic E-state index is 11.9. The zero-order chi connectivity index (χ0) is 23.8. The molecule has 33 heavy (non-hydrogen) atoms. The molecular weight excluding hydrogens is 448 g/mol. The van der Waals surface area contributed by atoms with Gasteiger partial charge in [0.05, 0.1) is 30.4 Å². The van der Waals surface area contributed by atoms with Gasteiger partial charge in [0.25, 0.3) is 0 Å². The van der Waals surface area contributed by atoms with Crippen LogP contribution in [0.4, 0.5) is 0 Å². The van der Waals surface area contributed by atoms with E-state index in [1.807, 2.05) is 0 Å². The first kappa shape index (κ1) is 24.3. The van der Waals surface area contributed by atoms with Crippen molar-refractivity contribution >= 4 is 21.0 Å². The van der Waals surface area contributed by atoms with Crippen molar-refractivity contribution in [3.05, 3.63) is 42.0 Å². The summed E-state index contributed by atoms with van der Waals surface area (Å²) in [4.78, 5) is 8.94. The minimum absolute atomic E-state index is 0.136. The van der Waals surface area contributed by atoms with E-state index in [0.717, 1.165) is 6.26 Å². The molecule has 0 unspecified atom stereocenters. The first-order valence-electron chi connectivity index (χ1n) is 9.90. The summed E-state index contributed by atoms with van der Waals surface area (Å²) in [6.07, 6.45) is 6.44. The fourth-order valence-corrected chi connectivity index (χ4v) is 3.30. The molecule has 3 rings (SSSR count). The smallest absolute Gasteiger partial charge is 0.307 e. The van der Waals surface area contributed by atoms with Crippen molar-refractivity contribution in [3.63, 3.8) is 0 Å². The molecule has 10 heteroatoms. The molecule has 0 saturated heterocycles. The lowest BCUT2D eigenvalue weighted by molar-refractivity contribution is 0.132. The molecular formula is C23H24N2O7S. The molecule has 0 saturated carbocycles. The molecule has 0 amide bonds. The number of aromatic nitrogens is 2. The lowest BCUT2D eigenvalue weighted by Crippen LogP contribution is -2.10. The van der Waals surface area contributed by atoms with Crippen molar-refractivity contribution < 1.29 is 31.5 Å². The SMILES string of the molecule is C#Cc1cccc(-c2nc(OS(C)(=O)=O)c3cc(OCCOC)c(OCCOC)cc3n2)c1. The van der Waals surface area contributed by atoms with Crippen molar-refractivity contribution in [1.29, 1.82) is 0 Å². The van der Waals surface area contributed by atoms with Crippen LogP contribution >= 0.6 is 0 Å². The minimum atomic E-state index is -3.87. The van der Waals surface area contributed by atoms with Gasteiger partial charge in [-0.1, -0.05) is 18.1 Å².